The zero-order valence-corrected chi connectivity index (χ0v) is 11.9. The molecule has 2 aromatic rings. The van der Waals surface area contributed by atoms with Crippen LogP contribution in [0.5, 0.6) is 0 Å². The van der Waals surface area contributed by atoms with Crippen LogP contribution in [0.2, 0.25) is 0 Å². The molecule has 1 nitrogen and oxygen atoms in total. The summed E-state index contributed by atoms with van der Waals surface area (Å²) in [6.07, 6.45) is 5.30. The van der Waals surface area contributed by atoms with Crippen LogP contribution in [0.25, 0.3) is 6.08 Å². The summed E-state index contributed by atoms with van der Waals surface area (Å²) >= 11 is 3.44. The number of hydrogen-bond donors (Lipinski definition) is 0. The Morgan fingerprint density at radius 1 is 0.842 bits per heavy atom. The molecule has 94 valence electrons. The average molecular weight is 313 g/mol. The molecule has 0 aliphatic heterocycles. The van der Waals surface area contributed by atoms with E-state index < -0.39 is 0 Å². The minimum absolute atomic E-state index is 0.000915. The molecule has 0 spiro atoms. The number of carbonyl (C=O) groups is 1. The van der Waals surface area contributed by atoms with Crippen molar-refractivity contribution < 1.29 is 4.79 Å². The number of allylic oxidation sites excluding steroid dienone is 3. The van der Waals surface area contributed by atoms with Gasteiger partial charge in [-0.2, -0.15) is 0 Å². The lowest BCUT2D eigenvalue weighted by Gasteiger charge is -1.95. The van der Waals surface area contributed by atoms with Gasteiger partial charge in [-0.05, 0) is 23.8 Å². The van der Waals surface area contributed by atoms with Gasteiger partial charge in [-0.15, -0.1) is 0 Å². The van der Waals surface area contributed by atoms with Gasteiger partial charge in [-0.25, -0.2) is 0 Å². The Labute approximate surface area is 121 Å². The Bertz CT molecular complexity index is 598. The fraction of sp³-hybridized carbons (Fsp3) is 0. The summed E-state index contributed by atoms with van der Waals surface area (Å²) < 4.78 is 0.864. The molecule has 0 saturated heterocycles. The fourth-order valence-corrected chi connectivity index (χ4v) is 2.01. The topological polar surface area (TPSA) is 17.1 Å². The van der Waals surface area contributed by atoms with Crippen LogP contribution in [0.3, 0.4) is 0 Å². The first-order chi connectivity index (χ1) is 9.25. The van der Waals surface area contributed by atoms with Crippen LogP contribution in [-0.4, -0.2) is 5.78 Å². The van der Waals surface area contributed by atoms with E-state index in [9.17, 15) is 4.79 Å². The van der Waals surface area contributed by atoms with E-state index in [1.807, 2.05) is 66.7 Å². The molecule has 0 aromatic heterocycles. The van der Waals surface area contributed by atoms with Crippen molar-refractivity contribution in [3.8, 4) is 0 Å². The van der Waals surface area contributed by atoms with E-state index in [2.05, 4.69) is 15.9 Å². The molecule has 0 aliphatic rings. The van der Waals surface area contributed by atoms with Crippen molar-refractivity contribution in [2.24, 2.45) is 0 Å². The lowest BCUT2D eigenvalue weighted by Crippen LogP contribution is -1.92. The Balaban J connectivity index is 2.07. The van der Waals surface area contributed by atoms with E-state index in [0.717, 1.165) is 10.0 Å². The van der Waals surface area contributed by atoms with Gasteiger partial charge in [0.25, 0.3) is 0 Å². The second-order valence-electron chi connectivity index (χ2n) is 4.00. The largest absolute Gasteiger partial charge is 0.289 e. The summed E-state index contributed by atoms with van der Waals surface area (Å²) in [6.45, 7) is 0. The summed E-state index contributed by atoms with van der Waals surface area (Å²) in [6, 6.07) is 19.2. The van der Waals surface area contributed by atoms with Crippen LogP contribution in [0, 0.1) is 0 Å². The molecule has 0 amide bonds. The standard InChI is InChI=1S/C17H13BrO/c18-16(13-14-7-3-1-4-8-14)11-12-17(19)15-9-5-2-6-10-15/h1-13H. The average Bonchev–Trinajstić information content (AvgIpc) is 2.47. The third-order valence-electron chi connectivity index (χ3n) is 2.56. The fourth-order valence-electron chi connectivity index (χ4n) is 1.61. The number of hydrogen-bond acceptors (Lipinski definition) is 1. The molecule has 0 saturated carbocycles. The quantitative estimate of drug-likeness (QED) is 0.447. The van der Waals surface area contributed by atoms with Crippen LogP contribution < -0.4 is 0 Å². The van der Waals surface area contributed by atoms with E-state index in [1.165, 1.54) is 0 Å². The molecule has 0 radical (unpaired) electrons. The van der Waals surface area contributed by atoms with E-state index in [1.54, 1.807) is 12.2 Å². The monoisotopic (exact) mass is 312 g/mol. The summed E-state index contributed by atoms with van der Waals surface area (Å²) in [5.41, 5.74) is 1.78. The predicted molar refractivity (Wildman–Crippen MR) is 83.3 cm³/mol. The minimum atomic E-state index is -0.000915. The lowest BCUT2D eigenvalue weighted by atomic mass is 10.1. The maximum absolute atomic E-state index is 11.9. The van der Waals surface area contributed by atoms with Gasteiger partial charge >= 0.3 is 0 Å². The third-order valence-corrected chi connectivity index (χ3v) is 3.05. The van der Waals surface area contributed by atoms with Crippen LogP contribution in [0.4, 0.5) is 0 Å². The highest BCUT2D eigenvalue weighted by Gasteiger charge is 1.99. The molecule has 19 heavy (non-hydrogen) atoms. The van der Waals surface area contributed by atoms with E-state index >= 15 is 0 Å². The van der Waals surface area contributed by atoms with Gasteiger partial charge in [-0.1, -0.05) is 76.6 Å². The second kappa shape index (κ2) is 6.86. The van der Waals surface area contributed by atoms with Crippen LogP contribution in [0.15, 0.2) is 77.3 Å². The van der Waals surface area contributed by atoms with Crippen molar-refractivity contribution in [1.82, 2.24) is 0 Å². The molecule has 0 heterocycles. The summed E-state index contributed by atoms with van der Waals surface area (Å²) in [5, 5.41) is 0. The van der Waals surface area contributed by atoms with E-state index in [-0.39, 0.29) is 5.78 Å². The van der Waals surface area contributed by atoms with Gasteiger partial charge in [0, 0.05) is 10.0 Å². The van der Waals surface area contributed by atoms with Gasteiger partial charge in [0.1, 0.15) is 0 Å². The lowest BCUT2D eigenvalue weighted by molar-refractivity contribution is 0.104. The smallest absolute Gasteiger partial charge is 0.185 e. The van der Waals surface area contributed by atoms with E-state index in [4.69, 9.17) is 0 Å². The Morgan fingerprint density at radius 3 is 2.05 bits per heavy atom. The Kier molecular flexibility index (Phi) is 4.87. The van der Waals surface area contributed by atoms with Gasteiger partial charge in [-0.3, -0.25) is 4.79 Å². The number of rotatable bonds is 4. The highest BCUT2D eigenvalue weighted by Crippen LogP contribution is 2.14. The molecule has 0 fully saturated rings. The molecular weight excluding hydrogens is 300 g/mol. The maximum Gasteiger partial charge on any atom is 0.185 e. The molecule has 0 unspecified atom stereocenters. The molecule has 0 N–H and O–H groups in total. The molecule has 2 aromatic carbocycles. The van der Waals surface area contributed by atoms with Gasteiger partial charge < -0.3 is 0 Å². The second-order valence-corrected chi connectivity index (χ2v) is 4.92. The van der Waals surface area contributed by atoms with E-state index in [0.29, 0.717) is 5.56 Å². The summed E-state index contributed by atoms with van der Waals surface area (Å²) in [7, 11) is 0. The molecule has 2 rings (SSSR count). The van der Waals surface area contributed by atoms with Gasteiger partial charge in [0.15, 0.2) is 5.78 Å². The third kappa shape index (κ3) is 4.34. The van der Waals surface area contributed by atoms with Crippen LogP contribution in [-0.2, 0) is 0 Å². The van der Waals surface area contributed by atoms with Gasteiger partial charge in [0.05, 0.1) is 0 Å². The van der Waals surface area contributed by atoms with Crippen molar-refractivity contribution in [2.45, 2.75) is 0 Å². The van der Waals surface area contributed by atoms with Crippen molar-refractivity contribution in [2.75, 3.05) is 0 Å². The Hall–Kier alpha value is -1.93. The highest BCUT2D eigenvalue weighted by atomic mass is 79.9. The van der Waals surface area contributed by atoms with Crippen molar-refractivity contribution >= 4 is 27.8 Å². The zero-order chi connectivity index (χ0) is 13.5. The van der Waals surface area contributed by atoms with Crippen molar-refractivity contribution in [3.63, 3.8) is 0 Å². The Morgan fingerprint density at radius 2 is 1.42 bits per heavy atom. The number of halogens is 1. The number of ketones is 1. The number of carbonyl (C=O) groups excluding carboxylic acids is 1. The molecule has 0 bridgehead atoms. The first kappa shape index (κ1) is 13.5. The molecule has 0 atom stereocenters. The van der Waals surface area contributed by atoms with Crippen molar-refractivity contribution in [3.05, 3.63) is 88.4 Å². The number of benzene rings is 2. The first-order valence-corrected chi connectivity index (χ1v) is 6.75. The first-order valence-electron chi connectivity index (χ1n) is 5.95. The van der Waals surface area contributed by atoms with Crippen LogP contribution in [0.1, 0.15) is 15.9 Å². The SMILES string of the molecule is O=C(C=CC(Br)=Cc1ccccc1)c1ccccc1. The molecular formula is C17H13BrO. The van der Waals surface area contributed by atoms with Gasteiger partial charge in [0.2, 0.25) is 0 Å². The van der Waals surface area contributed by atoms with Crippen molar-refractivity contribution in [1.29, 1.82) is 0 Å². The zero-order valence-electron chi connectivity index (χ0n) is 10.3. The maximum atomic E-state index is 11.9. The minimum Gasteiger partial charge on any atom is -0.289 e. The molecule has 2 heteroatoms. The summed E-state index contributed by atoms with van der Waals surface area (Å²) in [5.74, 6) is -0.000915. The summed E-state index contributed by atoms with van der Waals surface area (Å²) in [4.78, 5) is 11.9. The highest BCUT2D eigenvalue weighted by molar-refractivity contribution is 9.12. The van der Waals surface area contributed by atoms with Crippen LogP contribution >= 0.6 is 15.9 Å². The molecule has 0 aliphatic carbocycles. The normalized spacial score (nSPS) is 11.7. The predicted octanol–water partition coefficient (Wildman–Crippen LogP) is 4.86.